The van der Waals surface area contributed by atoms with Crippen molar-refractivity contribution in [1.82, 2.24) is 19.7 Å². The van der Waals surface area contributed by atoms with Crippen LogP contribution in [0.1, 0.15) is 16.2 Å². The lowest BCUT2D eigenvalue weighted by molar-refractivity contribution is 0.0704. The van der Waals surface area contributed by atoms with Crippen molar-refractivity contribution in [1.29, 1.82) is 0 Å². The third-order valence-corrected chi connectivity index (χ3v) is 3.38. The van der Waals surface area contributed by atoms with Crippen LogP contribution in [0.3, 0.4) is 0 Å². The summed E-state index contributed by atoms with van der Waals surface area (Å²) in [5, 5.41) is 7.86. The number of methoxy groups -OCH3 is 1. The van der Waals surface area contributed by atoms with Crippen molar-refractivity contribution < 1.29 is 9.53 Å². The van der Waals surface area contributed by atoms with Crippen molar-refractivity contribution in [2.75, 3.05) is 19.4 Å². The number of ether oxygens (including phenoxy) is 1. The van der Waals surface area contributed by atoms with Crippen LogP contribution in [-0.2, 0) is 13.1 Å². The largest absolute Gasteiger partial charge is 0.496 e. The third kappa shape index (κ3) is 2.07. The quantitative estimate of drug-likeness (QED) is 0.806. The smallest absolute Gasteiger partial charge is 0.258 e. The highest BCUT2D eigenvalue weighted by atomic mass is 16.5. The van der Waals surface area contributed by atoms with Gasteiger partial charge in [0.15, 0.2) is 5.82 Å². The van der Waals surface area contributed by atoms with Crippen LogP contribution in [0.15, 0.2) is 24.5 Å². The molecule has 0 unspecified atom stereocenters. The molecule has 2 heterocycles. The van der Waals surface area contributed by atoms with Gasteiger partial charge in [0.2, 0.25) is 0 Å². The number of nitrogens with two attached hydrogens (primary N) is 1. The van der Waals surface area contributed by atoms with E-state index in [0.717, 1.165) is 5.82 Å². The molecule has 104 valence electrons. The first kappa shape index (κ1) is 12.5. The fourth-order valence-electron chi connectivity index (χ4n) is 2.29. The predicted molar refractivity (Wildman–Crippen MR) is 72.2 cm³/mol. The lowest BCUT2D eigenvalue weighted by Crippen LogP contribution is -2.38. The SMILES string of the molecule is COc1cc(N)ccc1C(=O)N1CCn2cnnc2C1. The van der Waals surface area contributed by atoms with Gasteiger partial charge < -0.3 is 19.9 Å². The normalized spacial score (nSPS) is 13.9. The molecule has 7 nitrogen and oxygen atoms in total. The van der Waals surface area contributed by atoms with Crippen molar-refractivity contribution in [2.45, 2.75) is 13.1 Å². The standard InChI is InChI=1S/C13H15N5O2/c1-20-11-6-9(14)2-3-10(11)13(19)17-4-5-18-8-15-16-12(18)7-17/h2-3,6,8H,4-5,7,14H2,1H3. The molecule has 0 saturated carbocycles. The Labute approximate surface area is 116 Å². The van der Waals surface area contributed by atoms with Crippen LogP contribution < -0.4 is 10.5 Å². The first-order chi connectivity index (χ1) is 9.69. The van der Waals surface area contributed by atoms with Gasteiger partial charge in [0, 0.05) is 24.8 Å². The summed E-state index contributed by atoms with van der Waals surface area (Å²) in [6.45, 7) is 1.77. The van der Waals surface area contributed by atoms with E-state index in [1.54, 1.807) is 29.4 Å². The summed E-state index contributed by atoms with van der Waals surface area (Å²) in [5.74, 6) is 1.19. The molecule has 1 aromatic carbocycles. The maximum atomic E-state index is 12.6. The van der Waals surface area contributed by atoms with Gasteiger partial charge in [0.25, 0.3) is 5.91 Å². The summed E-state index contributed by atoms with van der Waals surface area (Å²) in [6, 6.07) is 5.04. The number of hydrogen-bond acceptors (Lipinski definition) is 5. The molecule has 0 fully saturated rings. The van der Waals surface area contributed by atoms with Gasteiger partial charge in [-0.05, 0) is 12.1 Å². The Hall–Kier alpha value is -2.57. The van der Waals surface area contributed by atoms with Crippen LogP contribution in [0, 0.1) is 0 Å². The average molecular weight is 273 g/mol. The summed E-state index contributed by atoms with van der Waals surface area (Å²) in [5.41, 5.74) is 6.78. The second-order valence-electron chi connectivity index (χ2n) is 4.63. The van der Waals surface area contributed by atoms with Crippen LogP contribution in [0.2, 0.25) is 0 Å². The highest BCUT2D eigenvalue weighted by Gasteiger charge is 2.24. The number of benzene rings is 1. The van der Waals surface area contributed by atoms with Crippen molar-refractivity contribution in [3.05, 3.63) is 35.9 Å². The van der Waals surface area contributed by atoms with E-state index in [9.17, 15) is 4.79 Å². The van der Waals surface area contributed by atoms with Gasteiger partial charge in [-0.15, -0.1) is 10.2 Å². The number of nitrogen functional groups attached to an aromatic ring is 1. The summed E-state index contributed by atoms with van der Waals surface area (Å²) < 4.78 is 7.18. The zero-order chi connectivity index (χ0) is 14.1. The molecule has 0 spiro atoms. The predicted octanol–water partition coefficient (Wildman–Crippen LogP) is 0.525. The molecule has 3 rings (SSSR count). The second-order valence-corrected chi connectivity index (χ2v) is 4.63. The fraction of sp³-hybridized carbons (Fsp3) is 0.308. The molecule has 0 atom stereocenters. The molecule has 2 aromatic rings. The lowest BCUT2D eigenvalue weighted by Gasteiger charge is -2.27. The zero-order valence-corrected chi connectivity index (χ0v) is 11.1. The van der Waals surface area contributed by atoms with Gasteiger partial charge in [0.1, 0.15) is 12.1 Å². The van der Waals surface area contributed by atoms with Crippen molar-refractivity contribution in [2.24, 2.45) is 0 Å². The van der Waals surface area contributed by atoms with Gasteiger partial charge in [-0.1, -0.05) is 0 Å². The Morgan fingerprint density at radius 2 is 2.25 bits per heavy atom. The highest BCUT2D eigenvalue weighted by molar-refractivity contribution is 5.97. The van der Waals surface area contributed by atoms with Crippen molar-refractivity contribution in [3.8, 4) is 5.75 Å². The number of carbonyl (C=O) groups is 1. The minimum absolute atomic E-state index is 0.0869. The Kier molecular flexibility index (Phi) is 3.02. The number of fused-ring (bicyclic) bond motifs is 1. The van der Waals surface area contributed by atoms with Crippen LogP contribution in [0.4, 0.5) is 5.69 Å². The van der Waals surface area contributed by atoms with Gasteiger partial charge in [-0.3, -0.25) is 4.79 Å². The van der Waals surface area contributed by atoms with E-state index in [1.165, 1.54) is 7.11 Å². The van der Waals surface area contributed by atoms with Gasteiger partial charge >= 0.3 is 0 Å². The number of rotatable bonds is 2. The maximum absolute atomic E-state index is 12.6. The Balaban J connectivity index is 1.87. The monoisotopic (exact) mass is 273 g/mol. The number of carbonyl (C=O) groups excluding carboxylic acids is 1. The summed E-state index contributed by atoms with van der Waals surface area (Å²) in [7, 11) is 1.53. The van der Waals surface area contributed by atoms with Crippen molar-refractivity contribution >= 4 is 11.6 Å². The Morgan fingerprint density at radius 1 is 1.40 bits per heavy atom. The minimum Gasteiger partial charge on any atom is -0.496 e. The number of amides is 1. The molecular formula is C13H15N5O2. The van der Waals surface area contributed by atoms with E-state index < -0.39 is 0 Å². The Bertz CT molecular complexity index is 652. The topological polar surface area (TPSA) is 86.3 Å². The minimum atomic E-state index is -0.0869. The van der Waals surface area contributed by atoms with Crippen LogP contribution in [-0.4, -0.2) is 39.2 Å². The van der Waals surface area contributed by atoms with E-state index >= 15 is 0 Å². The molecule has 0 bridgehead atoms. The zero-order valence-electron chi connectivity index (χ0n) is 11.1. The third-order valence-electron chi connectivity index (χ3n) is 3.38. The van der Waals surface area contributed by atoms with Crippen molar-refractivity contribution in [3.63, 3.8) is 0 Å². The molecule has 20 heavy (non-hydrogen) atoms. The molecule has 1 aliphatic heterocycles. The fourth-order valence-corrected chi connectivity index (χ4v) is 2.29. The van der Waals surface area contributed by atoms with Crippen LogP contribution >= 0.6 is 0 Å². The number of anilines is 1. The molecule has 7 heteroatoms. The first-order valence-electron chi connectivity index (χ1n) is 6.28. The molecule has 1 aromatic heterocycles. The lowest BCUT2D eigenvalue weighted by atomic mass is 10.1. The molecule has 2 N–H and O–H groups in total. The van der Waals surface area contributed by atoms with Gasteiger partial charge in [-0.25, -0.2) is 0 Å². The summed E-state index contributed by atoms with van der Waals surface area (Å²) in [6.07, 6.45) is 1.68. The molecule has 1 aliphatic rings. The molecule has 0 saturated heterocycles. The van der Waals surface area contributed by atoms with Crippen LogP contribution in [0.5, 0.6) is 5.75 Å². The number of aromatic nitrogens is 3. The van der Waals surface area contributed by atoms with E-state index in [-0.39, 0.29) is 5.91 Å². The molecule has 0 aliphatic carbocycles. The van der Waals surface area contributed by atoms with E-state index in [2.05, 4.69) is 10.2 Å². The second kappa shape index (κ2) is 4.84. The van der Waals surface area contributed by atoms with Crippen LogP contribution in [0.25, 0.3) is 0 Å². The summed E-state index contributed by atoms with van der Waals surface area (Å²) in [4.78, 5) is 14.3. The molecular weight excluding hydrogens is 258 g/mol. The average Bonchev–Trinajstić information content (AvgIpc) is 2.93. The summed E-state index contributed by atoms with van der Waals surface area (Å²) >= 11 is 0. The molecule has 1 amide bonds. The highest BCUT2D eigenvalue weighted by Crippen LogP contribution is 2.24. The number of nitrogens with zero attached hydrogens (tertiary/aromatic N) is 4. The molecule has 0 radical (unpaired) electrons. The first-order valence-corrected chi connectivity index (χ1v) is 6.28. The van der Waals surface area contributed by atoms with E-state index in [1.807, 2.05) is 4.57 Å². The van der Waals surface area contributed by atoms with Gasteiger partial charge in [0.05, 0.1) is 19.2 Å². The number of hydrogen-bond donors (Lipinski definition) is 1. The Morgan fingerprint density at radius 3 is 3.05 bits per heavy atom. The van der Waals surface area contributed by atoms with E-state index in [4.69, 9.17) is 10.5 Å². The maximum Gasteiger partial charge on any atom is 0.258 e. The van der Waals surface area contributed by atoms with Gasteiger partial charge in [-0.2, -0.15) is 0 Å². The van der Waals surface area contributed by atoms with E-state index in [0.29, 0.717) is 36.6 Å².